The Morgan fingerprint density at radius 3 is 3.12 bits per heavy atom. The van der Waals surface area contributed by atoms with Crippen molar-refractivity contribution in [1.82, 2.24) is 20.4 Å². The first-order valence-electron chi connectivity index (χ1n) is 5.04. The summed E-state index contributed by atoms with van der Waals surface area (Å²) in [5, 5.41) is 13.3. The van der Waals surface area contributed by atoms with Crippen LogP contribution in [0.15, 0.2) is 35.6 Å². The van der Waals surface area contributed by atoms with E-state index in [4.69, 9.17) is 0 Å². The van der Waals surface area contributed by atoms with Crippen LogP contribution in [0, 0.1) is 0 Å². The van der Waals surface area contributed by atoms with E-state index < -0.39 is 0 Å². The van der Waals surface area contributed by atoms with E-state index in [-0.39, 0.29) is 5.91 Å². The van der Waals surface area contributed by atoms with E-state index in [1.165, 1.54) is 6.20 Å². The summed E-state index contributed by atoms with van der Waals surface area (Å²) in [5.41, 5.74) is 0. The number of thioether (sulfide) groups is 1. The Morgan fingerprint density at radius 2 is 2.41 bits per heavy atom. The van der Waals surface area contributed by atoms with E-state index in [1.807, 2.05) is 18.2 Å². The fourth-order valence-corrected chi connectivity index (χ4v) is 1.95. The summed E-state index contributed by atoms with van der Waals surface area (Å²) in [5.74, 6) is 1.04. The Bertz CT molecular complexity index is 459. The first-order valence-corrected chi connectivity index (χ1v) is 6.02. The van der Waals surface area contributed by atoms with Crippen molar-refractivity contribution < 1.29 is 4.79 Å². The van der Waals surface area contributed by atoms with Crippen LogP contribution in [0.4, 0.5) is 5.82 Å². The molecule has 2 aromatic rings. The molecule has 17 heavy (non-hydrogen) atoms. The molecule has 1 amide bonds. The van der Waals surface area contributed by atoms with Gasteiger partial charge >= 0.3 is 0 Å². The fourth-order valence-electron chi connectivity index (χ4n) is 1.15. The number of carbonyl (C=O) groups is 1. The van der Waals surface area contributed by atoms with Crippen molar-refractivity contribution in [2.45, 2.75) is 11.4 Å². The molecule has 2 aromatic heterocycles. The van der Waals surface area contributed by atoms with Gasteiger partial charge in [-0.2, -0.15) is 10.3 Å². The zero-order chi connectivity index (χ0) is 11.9. The highest BCUT2D eigenvalue weighted by atomic mass is 32.2. The largest absolute Gasteiger partial charge is 0.308 e. The van der Waals surface area contributed by atoms with E-state index in [2.05, 4.69) is 25.7 Å². The molecule has 0 saturated carbocycles. The summed E-state index contributed by atoms with van der Waals surface area (Å²) in [6, 6.07) is 5.70. The summed E-state index contributed by atoms with van der Waals surface area (Å²) >= 11 is 1.55. The van der Waals surface area contributed by atoms with Crippen molar-refractivity contribution in [2.75, 3.05) is 11.1 Å². The third-order valence-electron chi connectivity index (χ3n) is 1.90. The summed E-state index contributed by atoms with van der Waals surface area (Å²) in [4.78, 5) is 15.6. The van der Waals surface area contributed by atoms with Gasteiger partial charge in [-0.25, -0.2) is 4.98 Å². The van der Waals surface area contributed by atoms with Crippen LogP contribution in [0.25, 0.3) is 0 Å². The highest BCUT2D eigenvalue weighted by molar-refractivity contribution is 7.99. The lowest BCUT2D eigenvalue weighted by Gasteiger charge is -2.01. The molecule has 0 aliphatic rings. The highest BCUT2D eigenvalue weighted by Gasteiger charge is 2.04. The van der Waals surface area contributed by atoms with Crippen LogP contribution >= 0.6 is 11.8 Å². The Kier molecular flexibility index (Phi) is 4.09. The van der Waals surface area contributed by atoms with Crippen LogP contribution in [0.1, 0.15) is 6.42 Å². The van der Waals surface area contributed by atoms with Crippen LogP contribution < -0.4 is 5.32 Å². The maximum atomic E-state index is 11.5. The van der Waals surface area contributed by atoms with E-state index >= 15 is 0 Å². The number of H-pyrrole nitrogens is 1. The van der Waals surface area contributed by atoms with Crippen LogP contribution in [0.5, 0.6) is 0 Å². The number of amides is 1. The van der Waals surface area contributed by atoms with Crippen molar-refractivity contribution in [1.29, 1.82) is 0 Å². The second-order valence-electron chi connectivity index (χ2n) is 3.17. The number of hydrogen-bond donors (Lipinski definition) is 2. The zero-order valence-corrected chi connectivity index (χ0v) is 9.78. The van der Waals surface area contributed by atoms with Crippen molar-refractivity contribution in [2.24, 2.45) is 0 Å². The third kappa shape index (κ3) is 3.87. The van der Waals surface area contributed by atoms with Crippen LogP contribution in [0.3, 0.4) is 0 Å². The maximum absolute atomic E-state index is 11.5. The molecule has 2 heterocycles. The lowest BCUT2D eigenvalue weighted by Crippen LogP contribution is -2.12. The first-order chi connectivity index (χ1) is 8.34. The van der Waals surface area contributed by atoms with Crippen LogP contribution in [-0.4, -0.2) is 32.1 Å². The molecule has 2 rings (SSSR count). The predicted molar refractivity (Wildman–Crippen MR) is 64.6 cm³/mol. The van der Waals surface area contributed by atoms with Gasteiger partial charge in [-0.05, 0) is 12.1 Å². The van der Waals surface area contributed by atoms with Gasteiger partial charge in [0.1, 0.15) is 0 Å². The molecular weight excluding hydrogens is 238 g/mol. The number of carbonyl (C=O) groups excluding carboxylic acids is 1. The summed E-state index contributed by atoms with van der Waals surface area (Å²) in [6.45, 7) is 0. The average Bonchev–Trinajstić information content (AvgIpc) is 2.83. The molecule has 6 nitrogen and oxygen atoms in total. The molecule has 0 aliphatic heterocycles. The lowest BCUT2D eigenvalue weighted by atomic mass is 10.4. The second-order valence-corrected chi connectivity index (χ2v) is 4.29. The number of rotatable bonds is 5. The number of aromatic amines is 1. The minimum Gasteiger partial charge on any atom is -0.308 e. The normalized spacial score (nSPS) is 10.1. The number of nitrogens with zero attached hydrogens (tertiary/aromatic N) is 3. The second kappa shape index (κ2) is 6.00. The zero-order valence-electron chi connectivity index (χ0n) is 8.96. The Hall–Kier alpha value is -1.89. The van der Waals surface area contributed by atoms with Gasteiger partial charge < -0.3 is 5.32 Å². The number of pyridine rings is 1. The number of aromatic nitrogens is 4. The van der Waals surface area contributed by atoms with E-state index in [0.29, 0.717) is 18.0 Å². The van der Waals surface area contributed by atoms with Crippen molar-refractivity contribution in [3.8, 4) is 0 Å². The Balaban J connectivity index is 1.70. The molecule has 0 radical (unpaired) electrons. The molecular formula is C10H11N5OS. The van der Waals surface area contributed by atoms with Crippen LogP contribution in [0.2, 0.25) is 0 Å². The molecule has 2 N–H and O–H groups in total. The molecule has 0 saturated heterocycles. The fraction of sp³-hybridized carbons (Fsp3) is 0.200. The quantitative estimate of drug-likeness (QED) is 0.781. The standard InChI is InChI=1S/C10H11N5OS/c16-9(13-8-7-12-15-14-8)4-6-17-10-3-1-2-5-11-10/h1-3,5,7H,4,6H2,(H2,12,13,14,15,16). The Labute approximate surface area is 102 Å². The van der Waals surface area contributed by atoms with Gasteiger partial charge in [-0.3, -0.25) is 4.79 Å². The third-order valence-corrected chi connectivity index (χ3v) is 2.84. The number of nitrogens with one attached hydrogen (secondary N) is 2. The van der Waals surface area contributed by atoms with E-state index in [9.17, 15) is 4.79 Å². The average molecular weight is 249 g/mol. The molecule has 88 valence electrons. The molecule has 0 spiro atoms. The number of anilines is 1. The van der Waals surface area contributed by atoms with E-state index in [0.717, 1.165) is 5.03 Å². The van der Waals surface area contributed by atoms with Gasteiger partial charge in [0.2, 0.25) is 5.91 Å². The SMILES string of the molecule is O=C(CCSc1ccccn1)Nc1cn[nH]n1. The van der Waals surface area contributed by atoms with Crippen molar-refractivity contribution in [3.63, 3.8) is 0 Å². The minimum atomic E-state index is -0.0812. The topological polar surface area (TPSA) is 83.6 Å². The molecule has 0 aromatic carbocycles. The maximum Gasteiger partial charge on any atom is 0.226 e. The lowest BCUT2D eigenvalue weighted by molar-refractivity contribution is -0.115. The molecule has 0 atom stereocenters. The first kappa shape index (κ1) is 11.6. The van der Waals surface area contributed by atoms with Crippen molar-refractivity contribution in [3.05, 3.63) is 30.6 Å². The summed E-state index contributed by atoms with van der Waals surface area (Å²) < 4.78 is 0. The Morgan fingerprint density at radius 1 is 1.47 bits per heavy atom. The summed E-state index contributed by atoms with van der Waals surface area (Å²) in [6.07, 6.45) is 3.61. The van der Waals surface area contributed by atoms with Crippen LogP contribution in [-0.2, 0) is 4.79 Å². The molecule has 0 unspecified atom stereocenters. The minimum absolute atomic E-state index is 0.0812. The number of hydrogen-bond acceptors (Lipinski definition) is 5. The summed E-state index contributed by atoms with van der Waals surface area (Å²) in [7, 11) is 0. The van der Waals surface area contributed by atoms with Crippen molar-refractivity contribution >= 4 is 23.5 Å². The van der Waals surface area contributed by atoms with Gasteiger partial charge in [0.05, 0.1) is 11.2 Å². The molecule has 0 aliphatic carbocycles. The smallest absolute Gasteiger partial charge is 0.226 e. The van der Waals surface area contributed by atoms with E-state index in [1.54, 1.807) is 18.0 Å². The van der Waals surface area contributed by atoms with Gasteiger partial charge in [0, 0.05) is 18.4 Å². The van der Waals surface area contributed by atoms with Gasteiger partial charge in [-0.1, -0.05) is 6.07 Å². The van der Waals surface area contributed by atoms with Gasteiger partial charge in [0.15, 0.2) is 5.82 Å². The molecule has 0 fully saturated rings. The van der Waals surface area contributed by atoms with Gasteiger partial charge in [-0.15, -0.1) is 16.9 Å². The monoisotopic (exact) mass is 249 g/mol. The molecule has 7 heteroatoms. The predicted octanol–water partition coefficient (Wildman–Crippen LogP) is 1.32. The highest BCUT2D eigenvalue weighted by Crippen LogP contribution is 2.15. The molecule has 0 bridgehead atoms. The van der Waals surface area contributed by atoms with Gasteiger partial charge in [0.25, 0.3) is 0 Å².